The van der Waals surface area contributed by atoms with Crippen LogP contribution in [0.4, 0.5) is 11.4 Å². The van der Waals surface area contributed by atoms with Crippen molar-refractivity contribution in [3.63, 3.8) is 0 Å². The van der Waals surface area contributed by atoms with Crippen LogP contribution >= 0.6 is 11.6 Å². The van der Waals surface area contributed by atoms with E-state index in [0.717, 1.165) is 59.7 Å². The summed E-state index contributed by atoms with van der Waals surface area (Å²) in [5, 5.41) is 26.1. The van der Waals surface area contributed by atoms with Crippen LogP contribution in [-0.4, -0.2) is 61.6 Å². The molecule has 0 bridgehead atoms. The molecule has 0 unspecified atom stereocenters. The van der Waals surface area contributed by atoms with Crippen molar-refractivity contribution in [2.45, 2.75) is 25.9 Å². The molecule has 1 saturated heterocycles. The Morgan fingerprint density at radius 3 is 2.49 bits per heavy atom. The predicted octanol–water partition coefficient (Wildman–Crippen LogP) is 5.82. The van der Waals surface area contributed by atoms with E-state index in [1.54, 1.807) is 20.4 Å². The molecule has 9 heteroatoms. The number of pyridine rings is 1. The number of halogens is 1. The molecule has 1 aliphatic heterocycles. The molecule has 8 nitrogen and oxygen atoms in total. The molecule has 0 saturated carbocycles. The van der Waals surface area contributed by atoms with Crippen molar-refractivity contribution in [2.24, 2.45) is 0 Å². The second-order valence-electron chi connectivity index (χ2n) is 9.73. The third-order valence-electron chi connectivity index (χ3n) is 7.20. The summed E-state index contributed by atoms with van der Waals surface area (Å²) < 4.78 is 17.3. The largest absolute Gasteiger partial charge is 0.496 e. The molecule has 2 N–H and O–H groups in total. The van der Waals surface area contributed by atoms with Gasteiger partial charge in [-0.15, -0.1) is 0 Å². The summed E-state index contributed by atoms with van der Waals surface area (Å²) in [6.45, 7) is 4.97. The molecule has 1 aliphatic rings. The van der Waals surface area contributed by atoms with Crippen LogP contribution in [0.1, 0.15) is 24.0 Å². The van der Waals surface area contributed by atoms with E-state index >= 15 is 0 Å². The maximum atomic E-state index is 9.85. The summed E-state index contributed by atoms with van der Waals surface area (Å²) in [6, 6.07) is 13.8. The number of piperidine rings is 1. The van der Waals surface area contributed by atoms with E-state index in [9.17, 15) is 10.4 Å². The normalized spacial score (nSPS) is 14.4. The standard InChI is InChI=1S/C30H31ClN4O4/c1-18-10-24(31)26(15-27(18)37-2)34-30-21(16-32)17-33-25-12-20-14-29(28(38-3)13-19(20)11-23(25)30)39-9-8-35-6-4-22(36)5-7-35/h10-15,17,22,36H,4-9H2,1-3H3,(H,33,34). The molecular formula is C30H31ClN4O4. The van der Waals surface area contributed by atoms with Crippen LogP contribution in [0.5, 0.6) is 17.2 Å². The Kier molecular flexibility index (Phi) is 7.94. The number of fused-ring (bicyclic) bond motifs is 2. The van der Waals surface area contributed by atoms with Gasteiger partial charge in [-0.25, -0.2) is 0 Å². The molecule has 1 aromatic heterocycles. The zero-order chi connectivity index (χ0) is 27.5. The first-order valence-electron chi connectivity index (χ1n) is 12.9. The summed E-state index contributed by atoms with van der Waals surface area (Å²) in [7, 11) is 3.23. The van der Waals surface area contributed by atoms with E-state index < -0.39 is 0 Å². The Hall–Kier alpha value is -3.77. The number of aliphatic hydroxyl groups excluding tert-OH is 1. The average molecular weight is 547 g/mol. The number of nitriles is 1. The number of likely N-dealkylation sites (tertiary alicyclic amines) is 1. The third kappa shape index (κ3) is 5.66. The van der Waals surface area contributed by atoms with Crippen LogP contribution in [0.2, 0.25) is 5.02 Å². The van der Waals surface area contributed by atoms with E-state index in [-0.39, 0.29) is 6.10 Å². The smallest absolute Gasteiger partial charge is 0.161 e. The minimum absolute atomic E-state index is 0.192. The molecule has 0 spiro atoms. The Bertz CT molecular complexity index is 1560. The van der Waals surface area contributed by atoms with Crippen LogP contribution < -0.4 is 19.5 Å². The van der Waals surface area contributed by atoms with Gasteiger partial charge < -0.3 is 24.6 Å². The molecule has 39 heavy (non-hydrogen) atoms. The highest BCUT2D eigenvalue weighted by Crippen LogP contribution is 2.39. The highest BCUT2D eigenvalue weighted by molar-refractivity contribution is 6.33. The molecule has 202 valence electrons. The maximum Gasteiger partial charge on any atom is 0.161 e. The number of nitrogens with one attached hydrogen (secondary N) is 1. The fourth-order valence-corrected chi connectivity index (χ4v) is 5.23. The maximum absolute atomic E-state index is 9.85. The first kappa shape index (κ1) is 26.8. The first-order valence-corrected chi connectivity index (χ1v) is 13.3. The van der Waals surface area contributed by atoms with E-state index in [0.29, 0.717) is 45.8 Å². The lowest BCUT2D eigenvalue weighted by molar-refractivity contribution is 0.0753. The number of aryl methyl sites for hydroxylation is 1. The predicted molar refractivity (Wildman–Crippen MR) is 154 cm³/mol. The number of nitrogens with zero attached hydrogens (tertiary/aromatic N) is 3. The van der Waals surface area contributed by atoms with Gasteiger partial charge in [0.2, 0.25) is 0 Å². The third-order valence-corrected chi connectivity index (χ3v) is 7.51. The van der Waals surface area contributed by atoms with Gasteiger partial charge in [0.25, 0.3) is 0 Å². The van der Waals surface area contributed by atoms with Crippen LogP contribution in [0.25, 0.3) is 21.7 Å². The molecular weight excluding hydrogens is 516 g/mol. The lowest BCUT2D eigenvalue weighted by atomic mass is 10.0. The average Bonchev–Trinajstić information content (AvgIpc) is 2.94. The van der Waals surface area contributed by atoms with Gasteiger partial charge in [0, 0.05) is 37.3 Å². The van der Waals surface area contributed by atoms with Crippen molar-refractivity contribution >= 4 is 44.7 Å². The van der Waals surface area contributed by atoms with Crippen LogP contribution in [0, 0.1) is 18.3 Å². The number of rotatable bonds is 8. The number of ether oxygens (including phenoxy) is 3. The monoisotopic (exact) mass is 546 g/mol. The van der Waals surface area contributed by atoms with Gasteiger partial charge in [0.1, 0.15) is 18.4 Å². The molecule has 2 heterocycles. The summed E-state index contributed by atoms with van der Waals surface area (Å²) in [5.41, 5.74) is 3.28. The number of anilines is 2. The highest BCUT2D eigenvalue weighted by Gasteiger charge is 2.18. The second-order valence-corrected chi connectivity index (χ2v) is 10.1. The van der Waals surface area contributed by atoms with Gasteiger partial charge in [-0.2, -0.15) is 5.26 Å². The lowest BCUT2D eigenvalue weighted by Gasteiger charge is -2.29. The van der Waals surface area contributed by atoms with Gasteiger partial charge in [0.05, 0.1) is 47.8 Å². The van der Waals surface area contributed by atoms with Crippen molar-refractivity contribution < 1.29 is 19.3 Å². The zero-order valence-electron chi connectivity index (χ0n) is 22.3. The van der Waals surface area contributed by atoms with Gasteiger partial charge in [0.15, 0.2) is 11.5 Å². The number of methoxy groups -OCH3 is 2. The molecule has 1 fully saturated rings. The zero-order valence-corrected chi connectivity index (χ0v) is 23.0. The number of hydrogen-bond acceptors (Lipinski definition) is 8. The second kappa shape index (κ2) is 11.5. The Morgan fingerprint density at radius 1 is 1.05 bits per heavy atom. The topological polar surface area (TPSA) is 99.9 Å². The van der Waals surface area contributed by atoms with Crippen molar-refractivity contribution in [1.29, 1.82) is 5.26 Å². The summed E-state index contributed by atoms with van der Waals surface area (Å²) in [4.78, 5) is 6.86. The van der Waals surface area contributed by atoms with E-state index in [4.69, 9.17) is 25.8 Å². The van der Waals surface area contributed by atoms with E-state index in [2.05, 4.69) is 21.3 Å². The van der Waals surface area contributed by atoms with E-state index in [1.807, 2.05) is 43.3 Å². The first-order chi connectivity index (χ1) is 18.9. The molecule has 0 amide bonds. The van der Waals surface area contributed by atoms with E-state index in [1.165, 1.54) is 0 Å². The van der Waals surface area contributed by atoms with Gasteiger partial charge >= 0.3 is 0 Å². The Morgan fingerprint density at radius 2 is 1.77 bits per heavy atom. The van der Waals surface area contributed by atoms with Crippen molar-refractivity contribution in [3.05, 3.63) is 58.7 Å². The van der Waals surface area contributed by atoms with Crippen LogP contribution in [0.3, 0.4) is 0 Å². The van der Waals surface area contributed by atoms with Gasteiger partial charge in [-0.3, -0.25) is 9.88 Å². The van der Waals surface area contributed by atoms with Crippen molar-refractivity contribution in [1.82, 2.24) is 9.88 Å². The summed E-state index contributed by atoms with van der Waals surface area (Å²) >= 11 is 6.54. The minimum Gasteiger partial charge on any atom is -0.496 e. The Labute approximate surface area is 232 Å². The van der Waals surface area contributed by atoms with Gasteiger partial charge in [-0.05, 0) is 66.4 Å². The van der Waals surface area contributed by atoms with Gasteiger partial charge in [-0.1, -0.05) is 11.6 Å². The number of benzene rings is 3. The fraction of sp³-hybridized carbons (Fsp3) is 0.333. The molecule has 5 rings (SSSR count). The SMILES string of the molecule is COc1cc(Nc2c(C#N)cnc3cc4cc(OCCN5CCC(O)CC5)c(OC)cc4cc23)c(Cl)cc1C. The number of hydrogen-bond donors (Lipinski definition) is 2. The number of aliphatic hydroxyl groups is 1. The lowest BCUT2D eigenvalue weighted by Crippen LogP contribution is -2.38. The van der Waals surface area contributed by atoms with Crippen LogP contribution in [0.15, 0.2) is 42.6 Å². The Balaban J connectivity index is 1.48. The summed E-state index contributed by atoms with van der Waals surface area (Å²) in [5.74, 6) is 1.98. The van der Waals surface area contributed by atoms with Crippen LogP contribution in [-0.2, 0) is 0 Å². The molecule has 0 aliphatic carbocycles. The molecule has 4 aromatic rings. The number of aromatic nitrogens is 1. The highest BCUT2D eigenvalue weighted by atomic mass is 35.5. The van der Waals surface area contributed by atoms with Crippen molar-refractivity contribution in [2.75, 3.05) is 45.8 Å². The fourth-order valence-electron chi connectivity index (χ4n) is 4.97. The molecule has 3 aromatic carbocycles. The van der Waals surface area contributed by atoms with Crippen molar-refractivity contribution in [3.8, 4) is 23.3 Å². The quantitative estimate of drug-likeness (QED) is 0.267. The molecule has 0 radical (unpaired) electrons. The molecule has 0 atom stereocenters. The summed E-state index contributed by atoms with van der Waals surface area (Å²) in [6.07, 6.45) is 2.97. The minimum atomic E-state index is -0.192.